The molecule has 0 unspecified atom stereocenters. The molecule has 2 rings (SSSR count). The van der Waals surface area contributed by atoms with Crippen LogP contribution in [0, 0.1) is 23.2 Å². The maximum Gasteiger partial charge on any atom is 0.149 e. The molecule has 0 N–H and O–H groups in total. The Kier molecular flexibility index (Phi) is 2.61. The first-order valence-electron chi connectivity index (χ1n) is 5.85. The quantitative estimate of drug-likeness (QED) is 0.539. The van der Waals surface area contributed by atoms with E-state index in [1.165, 1.54) is 0 Å². The normalized spacial score (nSPS) is 42.2. The number of carbonyl (C=O) groups is 2. The molecule has 0 radical (unpaired) electrons. The summed E-state index contributed by atoms with van der Waals surface area (Å²) in [5, 5.41) is 0. The third kappa shape index (κ3) is 1.32. The number of fused-ring (bicyclic) bond motifs is 2. The molecule has 2 aliphatic carbocycles. The molecule has 2 nitrogen and oxygen atoms in total. The van der Waals surface area contributed by atoms with Gasteiger partial charge in [-0.25, -0.2) is 0 Å². The van der Waals surface area contributed by atoms with Crippen molar-refractivity contribution in [2.24, 2.45) is 23.2 Å². The summed E-state index contributed by atoms with van der Waals surface area (Å²) in [6.07, 6.45) is 5.53. The van der Waals surface area contributed by atoms with Crippen molar-refractivity contribution in [1.82, 2.24) is 0 Å². The van der Waals surface area contributed by atoms with Crippen molar-refractivity contribution in [1.29, 1.82) is 0 Å². The molecule has 2 saturated carbocycles. The Hall–Kier alpha value is -1.18. The molecule has 0 saturated heterocycles. The number of Topliss-reactive ketones (excluding diaryl/α,β-unsaturated/α-hetero) is 2. The summed E-state index contributed by atoms with van der Waals surface area (Å²) in [5.74, 6) is 0.343. The zero-order valence-corrected chi connectivity index (χ0v) is 9.74. The number of hydrogen-bond acceptors (Lipinski definition) is 2. The lowest BCUT2D eigenvalue weighted by Crippen LogP contribution is -2.31. The molecule has 0 spiro atoms. The zero-order chi connectivity index (χ0) is 11.9. The highest BCUT2D eigenvalue weighted by Gasteiger charge is 2.57. The minimum atomic E-state index is -0.391. The lowest BCUT2D eigenvalue weighted by atomic mass is 9.69. The average molecular weight is 218 g/mol. The predicted octanol–water partition coefficient (Wildman–Crippen LogP) is 2.55. The van der Waals surface area contributed by atoms with Crippen LogP contribution < -0.4 is 0 Å². The summed E-state index contributed by atoms with van der Waals surface area (Å²) in [7, 11) is 0. The van der Waals surface area contributed by atoms with Crippen molar-refractivity contribution in [2.45, 2.75) is 26.2 Å². The Balaban J connectivity index is 2.41. The van der Waals surface area contributed by atoms with Crippen molar-refractivity contribution in [3.63, 3.8) is 0 Å². The fraction of sp³-hybridized carbons (Fsp3) is 0.571. The van der Waals surface area contributed by atoms with Crippen molar-refractivity contribution < 1.29 is 9.59 Å². The molecular formula is C14H18O2. The van der Waals surface area contributed by atoms with E-state index in [2.05, 4.69) is 13.2 Å². The van der Waals surface area contributed by atoms with Gasteiger partial charge in [0.1, 0.15) is 11.6 Å². The van der Waals surface area contributed by atoms with Crippen LogP contribution in [-0.2, 0) is 9.59 Å². The molecule has 0 amide bonds. The van der Waals surface area contributed by atoms with Crippen LogP contribution in [0.3, 0.4) is 0 Å². The predicted molar refractivity (Wildman–Crippen MR) is 62.8 cm³/mol. The Morgan fingerprint density at radius 1 is 1.44 bits per heavy atom. The molecule has 0 aromatic heterocycles. The van der Waals surface area contributed by atoms with Crippen LogP contribution in [0.4, 0.5) is 0 Å². The van der Waals surface area contributed by atoms with E-state index in [0.717, 1.165) is 6.42 Å². The third-order valence-electron chi connectivity index (χ3n) is 4.40. The molecule has 2 aliphatic rings. The SMILES string of the molecule is C=CC[C@]1(C)C(=O)[C@@H]2C[C@H]1[C@@H](C=C)CC2=O. The fourth-order valence-corrected chi connectivity index (χ4v) is 3.44. The highest BCUT2D eigenvalue weighted by Crippen LogP contribution is 2.54. The molecule has 0 aromatic rings. The van der Waals surface area contributed by atoms with Crippen LogP contribution in [0.1, 0.15) is 26.2 Å². The highest BCUT2D eigenvalue weighted by molar-refractivity contribution is 6.08. The van der Waals surface area contributed by atoms with Crippen molar-refractivity contribution in [3.8, 4) is 0 Å². The van der Waals surface area contributed by atoms with Gasteiger partial charge in [-0.05, 0) is 24.7 Å². The monoisotopic (exact) mass is 218 g/mol. The number of carbonyl (C=O) groups excluding carboxylic acids is 2. The minimum Gasteiger partial charge on any atom is -0.299 e. The summed E-state index contributed by atoms with van der Waals surface area (Å²) in [6.45, 7) is 9.50. The Labute approximate surface area is 96.4 Å². The van der Waals surface area contributed by atoms with Crippen LogP contribution >= 0.6 is 0 Å². The van der Waals surface area contributed by atoms with Gasteiger partial charge in [0.25, 0.3) is 0 Å². The van der Waals surface area contributed by atoms with Crippen LogP contribution in [0.15, 0.2) is 25.3 Å². The number of rotatable bonds is 3. The summed E-state index contributed by atoms with van der Waals surface area (Å²) >= 11 is 0. The first-order chi connectivity index (χ1) is 7.54. The number of ketones is 2. The molecule has 86 valence electrons. The second-order valence-electron chi connectivity index (χ2n) is 5.24. The van der Waals surface area contributed by atoms with Gasteiger partial charge in [0.15, 0.2) is 0 Å². The first kappa shape index (κ1) is 11.3. The molecule has 2 heteroatoms. The molecule has 0 aromatic carbocycles. The van der Waals surface area contributed by atoms with Crippen LogP contribution in [-0.4, -0.2) is 11.6 Å². The number of hydrogen-bond donors (Lipinski definition) is 0. The lowest BCUT2D eigenvalue weighted by Gasteiger charge is -2.33. The smallest absolute Gasteiger partial charge is 0.149 e. The van der Waals surface area contributed by atoms with Gasteiger partial charge < -0.3 is 0 Å². The van der Waals surface area contributed by atoms with E-state index in [-0.39, 0.29) is 29.3 Å². The topological polar surface area (TPSA) is 34.1 Å². The molecule has 2 bridgehead atoms. The van der Waals surface area contributed by atoms with E-state index in [0.29, 0.717) is 12.8 Å². The Morgan fingerprint density at radius 2 is 2.12 bits per heavy atom. The fourth-order valence-electron chi connectivity index (χ4n) is 3.44. The first-order valence-corrected chi connectivity index (χ1v) is 5.85. The van der Waals surface area contributed by atoms with E-state index in [1.54, 1.807) is 6.08 Å². The van der Waals surface area contributed by atoms with Crippen LogP contribution in [0.25, 0.3) is 0 Å². The van der Waals surface area contributed by atoms with Gasteiger partial charge in [0, 0.05) is 11.8 Å². The van der Waals surface area contributed by atoms with Gasteiger partial charge in [-0.2, -0.15) is 0 Å². The maximum absolute atomic E-state index is 12.3. The summed E-state index contributed by atoms with van der Waals surface area (Å²) < 4.78 is 0. The average Bonchev–Trinajstić information content (AvgIpc) is 2.47. The van der Waals surface area contributed by atoms with E-state index in [9.17, 15) is 9.59 Å². The van der Waals surface area contributed by atoms with E-state index in [1.807, 2.05) is 13.0 Å². The second kappa shape index (κ2) is 3.69. The lowest BCUT2D eigenvalue weighted by molar-refractivity contribution is -0.134. The summed E-state index contributed by atoms with van der Waals surface area (Å²) in [6, 6.07) is 0. The number of allylic oxidation sites excluding steroid dienone is 2. The van der Waals surface area contributed by atoms with Gasteiger partial charge in [-0.1, -0.05) is 19.1 Å². The van der Waals surface area contributed by atoms with Crippen LogP contribution in [0.5, 0.6) is 0 Å². The minimum absolute atomic E-state index is 0.110. The molecular weight excluding hydrogens is 200 g/mol. The van der Waals surface area contributed by atoms with Gasteiger partial charge in [0.05, 0.1) is 5.92 Å². The summed E-state index contributed by atoms with van der Waals surface area (Å²) in [5.41, 5.74) is -0.391. The summed E-state index contributed by atoms with van der Waals surface area (Å²) in [4.78, 5) is 24.1. The van der Waals surface area contributed by atoms with Gasteiger partial charge in [-0.15, -0.1) is 13.2 Å². The van der Waals surface area contributed by atoms with E-state index in [4.69, 9.17) is 0 Å². The van der Waals surface area contributed by atoms with Gasteiger partial charge >= 0.3 is 0 Å². The van der Waals surface area contributed by atoms with E-state index >= 15 is 0 Å². The zero-order valence-electron chi connectivity index (χ0n) is 9.74. The van der Waals surface area contributed by atoms with Crippen molar-refractivity contribution >= 4 is 11.6 Å². The Bertz CT molecular complexity index is 369. The molecule has 4 atom stereocenters. The largest absolute Gasteiger partial charge is 0.299 e. The van der Waals surface area contributed by atoms with Crippen molar-refractivity contribution in [2.75, 3.05) is 0 Å². The standard InChI is InChI=1S/C14H18O2/c1-4-6-14(3)11-8-10(13(14)16)12(15)7-9(11)5-2/h4-5,9-11H,1-2,6-8H2,3H3/t9-,10+,11-,14-/m0/s1. The second-order valence-corrected chi connectivity index (χ2v) is 5.24. The maximum atomic E-state index is 12.3. The highest BCUT2D eigenvalue weighted by atomic mass is 16.2. The molecule has 0 aliphatic heterocycles. The molecule has 0 heterocycles. The molecule has 2 fully saturated rings. The van der Waals surface area contributed by atoms with Gasteiger partial charge in [0.2, 0.25) is 0 Å². The van der Waals surface area contributed by atoms with Gasteiger partial charge in [-0.3, -0.25) is 9.59 Å². The van der Waals surface area contributed by atoms with Crippen molar-refractivity contribution in [3.05, 3.63) is 25.3 Å². The molecule has 16 heavy (non-hydrogen) atoms. The Morgan fingerprint density at radius 3 is 2.69 bits per heavy atom. The van der Waals surface area contributed by atoms with E-state index < -0.39 is 5.41 Å². The third-order valence-corrected chi connectivity index (χ3v) is 4.40. The van der Waals surface area contributed by atoms with Crippen LogP contribution in [0.2, 0.25) is 0 Å².